The molecule has 0 radical (unpaired) electrons. The van der Waals surface area contributed by atoms with E-state index in [0.717, 1.165) is 19.3 Å². The first-order valence-electron chi connectivity index (χ1n) is 3.79. The van der Waals surface area contributed by atoms with Crippen molar-refractivity contribution in [3.05, 3.63) is 37.0 Å². The van der Waals surface area contributed by atoms with Crippen molar-refractivity contribution in [2.75, 3.05) is 0 Å². The van der Waals surface area contributed by atoms with Crippen molar-refractivity contribution in [3.63, 3.8) is 0 Å². The molecule has 0 heteroatoms. The van der Waals surface area contributed by atoms with Gasteiger partial charge in [-0.15, -0.1) is 6.58 Å². The molecule has 0 rings (SSSR count). The minimum Gasteiger partial charge on any atom is -0.103 e. The van der Waals surface area contributed by atoms with Gasteiger partial charge in [0.2, 0.25) is 0 Å². The summed E-state index contributed by atoms with van der Waals surface area (Å²) >= 11 is 0. The Labute approximate surface area is 64.0 Å². The lowest BCUT2D eigenvalue weighted by atomic mass is 10.2. The van der Waals surface area contributed by atoms with Crippen molar-refractivity contribution in [2.24, 2.45) is 0 Å². The van der Waals surface area contributed by atoms with Crippen molar-refractivity contribution >= 4 is 0 Å². The molecule has 0 aromatic carbocycles. The number of allylic oxidation sites excluding steroid dienone is 5. The summed E-state index contributed by atoms with van der Waals surface area (Å²) in [6.45, 7) is 5.69. The highest BCUT2D eigenvalue weighted by atomic mass is 13.8. The maximum Gasteiger partial charge on any atom is -0.0169 e. The Morgan fingerprint density at radius 1 is 1.10 bits per heavy atom. The first-order valence-corrected chi connectivity index (χ1v) is 3.79. The van der Waals surface area contributed by atoms with Crippen LogP contribution in [-0.4, -0.2) is 0 Å². The van der Waals surface area contributed by atoms with Crippen LogP contribution in [0.4, 0.5) is 0 Å². The van der Waals surface area contributed by atoms with E-state index in [9.17, 15) is 0 Å². The number of unbranched alkanes of at least 4 members (excludes halogenated alkanes) is 1. The molecule has 0 spiro atoms. The Hall–Kier alpha value is -0.780. The fourth-order valence-corrected chi connectivity index (χ4v) is 0.643. The summed E-state index contributed by atoms with van der Waals surface area (Å²) in [6, 6.07) is 0. The first kappa shape index (κ1) is 9.22. The Morgan fingerprint density at radius 2 is 1.90 bits per heavy atom. The van der Waals surface area contributed by atoms with Crippen LogP contribution >= 0.6 is 0 Å². The van der Waals surface area contributed by atoms with Crippen molar-refractivity contribution in [2.45, 2.75) is 26.2 Å². The zero-order chi connectivity index (χ0) is 7.66. The highest BCUT2D eigenvalue weighted by molar-refractivity contribution is 4.91. The Bertz CT molecular complexity index is 118. The number of hydrogen-bond donors (Lipinski definition) is 0. The monoisotopic (exact) mass is 136 g/mol. The molecular weight excluding hydrogens is 120 g/mol. The van der Waals surface area contributed by atoms with Crippen LogP contribution in [0.2, 0.25) is 0 Å². The average molecular weight is 136 g/mol. The normalized spacial score (nSPS) is 11.3. The molecular formula is C10H16. The molecule has 0 amide bonds. The van der Waals surface area contributed by atoms with Crippen LogP contribution in [0, 0.1) is 0 Å². The maximum atomic E-state index is 3.65. The van der Waals surface area contributed by atoms with E-state index in [-0.39, 0.29) is 0 Å². The van der Waals surface area contributed by atoms with Crippen LogP contribution in [0.5, 0.6) is 0 Å². The van der Waals surface area contributed by atoms with Gasteiger partial charge in [-0.05, 0) is 26.2 Å². The van der Waals surface area contributed by atoms with E-state index < -0.39 is 0 Å². The van der Waals surface area contributed by atoms with Gasteiger partial charge in [0.05, 0.1) is 0 Å². The van der Waals surface area contributed by atoms with Crippen LogP contribution in [0.15, 0.2) is 37.0 Å². The molecule has 0 aliphatic carbocycles. The molecule has 0 N–H and O–H groups in total. The van der Waals surface area contributed by atoms with Crippen LogP contribution in [0.1, 0.15) is 26.2 Å². The van der Waals surface area contributed by atoms with Gasteiger partial charge in [0, 0.05) is 0 Å². The zero-order valence-corrected chi connectivity index (χ0v) is 6.72. The lowest BCUT2D eigenvalue weighted by Gasteiger charge is -1.83. The molecule has 10 heavy (non-hydrogen) atoms. The molecule has 0 bridgehead atoms. The van der Waals surface area contributed by atoms with Gasteiger partial charge in [-0.2, -0.15) is 0 Å². The van der Waals surface area contributed by atoms with Crippen molar-refractivity contribution < 1.29 is 0 Å². The predicted molar refractivity (Wildman–Crippen MR) is 48.0 cm³/mol. The second-order valence-corrected chi connectivity index (χ2v) is 2.14. The molecule has 0 atom stereocenters. The summed E-state index contributed by atoms with van der Waals surface area (Å²) in [4.78, 5) is 0. The van der Waals surface area contributed by atoms with Crippen molar-refractivity contribution in [3.8, 4) is 0 Å². The summed E-state index contributed by atoms with van der Waals surface area (Å²) in [5.41, 5.74) is 0. The topological polar surface area (TPSA) is 0 Å². The van der Waals surface area contributed by atoms with Gasteiger partial charge in [-0.25, -0.2) is 0 Å². The third-order valence-electron chi connectivity index (χ3n) is 1.21. The van der Waals surface area contributed by atoms with E-state index in [1.165, 1.54) is 0 Å². The minimum absolute atomic E-state index is 1.06. The lowest BCUT2D eigenvalue weighted by Crippen LogP contribution is -1.62. The molecule has 0 saturated carbocycles. The molecule has 56 valence electrons. The van der Waals surface area contributed by atoms with Crippen LogP contribution in [0.25, 0.3) is 0 Å². The molecule has 0 aromatic rings. The van der Waals surface area contributed by atoms with Gasteiger partial charge in [0.25, 0.3) is 0 Å². The van der Waals surface area contributed by atoms with Gasteiger partial charge >= 0.3 is 0 Å². The summed E-state index contributed by atoms with van der Waals surface area (Å²) in [5.74, 6) is 0. The molecule has 0 aliphatic heterocycles. The maximum absolute atomic E-state index is 3.65. The van der Waals surface area contributed by atoms with Crippen LogP contribution in [0.3, 0.4) is 0 Å². The van der Waals surface area contributed by atoms with Crippen molar-refractivity contribution in [1.82, 2.24) is 0 Å². The highest BCUT2D eigenvalue weighted by Gasteiger charge is 1.72. The third-order valence-corrected chi connectivity index (χ3v) is 1.21. The SMILES string of the molecule is C=CCC/C=C/C/C=C/C. The molecule has 0 aliphatic rings. The smallest absolute Gasteiger partial charge is 0.0169 e. The molecule has 0 saturated heterocycles. The largest absolute Gasteiger partial charge is 0.103 e. The average Bonchev–Trinajstić information content (AvgIpc) is 1.97. The number of rotatable bonds is 5. The fourth-order valence-electron chi connectivity index (χ4n) is 0.643. The van der Waals surface area contributed by atoms with E-state index in [1.54, 1.807) is 0 Å². The molecule has 0 unspecified atom stereocenters. The van der Waals surface area contributed by atoms with Gasteiger partial charge in [-0.1, -0.05) is 30.4 Å². The Balaban J connectivity index is 3.11. The van der Waals surface area contributed by atoms with Crippen LogP contribution < -0.4 is 0 Å². The van der Waals surface area contributed by atoms with Gasteiger partial charge in [0.1, 0.15) is 0 Å². The Kier molecular flexibility index (Phi) is 7.58. The molecule has 0 aromatic heterocycles. The summed E-state index contributed by atoms with van der Waals surface area (Å²) in [6.07, 6.45) is 13.8. The van der Waals surface area contributed by atoms with Crippen LogP contribution in [-0.2, 0) is 0 Å². The molecule has 0 fully saturated rings. The molecule has 0 nitrogen and oxygen atoms in total. The van der Waals surface area contributed by atoms with E-state index in [2.05, 4.69) is 30.9 Å². The summed E-state index contributed by atoms with van der Waals surface area (Å²) in [5, 5.41) is 0. The Morgan fingerprint density at radius 3 is 2.50 bits per heavy atom. The first-order chi connectivity index (χ1) is 4.91. The second kappa shape index (κ2) is 8.22. The van der Waals surface area contributed by atoms with Crippen molar-refractivity contribution in [1.29, 1.82) is 0 Å². The van der Waals surface area contributed by atoms with E-state index >= 15 is 0 Å². The summed E-state index contributed by atoms with van der Waals surface area (Å²) < 4.78 is 0. The highest BCUT2D eigenvalue weighted by Crippen LogP contribution is 1.93. The van der Waals surface area contributed by atoms with E-state index in [1.807, 2.05) is 13.0 Å². The standard InChI is InChI=1S/C10H16/c1-3-5-7-9-10-8-6-4-2/h3-4,6,9-10H,1,5,7-8H2,2H3/b6-4+,10-9+. The lowest BCUT2D eigenvalue weighted by molar-refractivity contribution is 1.05. The quantitative estimate of drug-likeness (QED) is 0.401. The van der Waals surface area contributed by atoms with Gasteiger partial charge in [-0.3, -0.25) is 0 Å². The zero-order valence-electron chi connectivity index (χ0n) is 6.72. The molecule has 0 heterocycles. The summed E-state index contributed by atoms with van der Waals surface area (Å²) in [7, 11) is 0. The number of hydrogen-bond acceptors (Lipinski definition) is 0. The predicted octanol–water partition coefficient (Wildman–Crippen LogP) is 3.48. The second-order valence-electron chi connectivity index (χ2n) is 2.14. The van der Waals surface area contributed by atoms with Gasteiger partial charge < -0.3 is 0 Å². The van der Waals surface area contributed by atoms with Gasteiger partial charge in [0.15, 0.2) is 0 Å². The fraction of sp³-hybridized carbons (Fsp3) is 0.400. The third kappa shape index (κ3) is 7.22. The van der Waals surface area contributed by atoms with E-state index in [4.69, 9.17) is 0 Å². The van der Waals surface area contributed by atoms with E-state index in [0.29, 0.717) is 0 Å². The minimum atomic E-state index is 1.06.